The van der Waals surface area contributed by atoms with E-state index in [4.69, 9.17) is 33.7 Å². The molecule has 5 atom stereocenters. The number of carbonyl (C=O) groups excluding carboxylic acids is 4. The van der Waals surface area contributed by atoms with E-state index in [2.05, 4.69) is 0 Å². The molecule has 1 aromatic rings. The van der Waals surface area contributed by atoms with Crippen LogP contribution in [0.15, 0.2) is 18.2 Å². The summed E-state index contributed by atoms with van der Waals surface area (Å²) in [6, 6.07) is 7.73. The summed E-state index contributed by atoms with van der Waals surface area (Å²) in [5.41, 5.74) is 0.127. The third-order valence-electron chi connectivity index (χ3n) is 4.43. The molecule has 3 unspecified atom stereocenters. The number of esters is 4. The zero-order valence-electron chi connectivity index (χ0n) is 18.8. The Morgan fingerprint density at radius 3 is 1.91 bits per heavy atom. The van der Waals surface area contributed by atoms with Crippen molar-refractivity contribution >= 4 is 23.9 Å². The molecule has 0 saturated carbocycles. The zero-order chi connectivity index (χ0) is 25.4. The Morgan fingerprint density at radius 2 is 1.38 bits per heavy atom. The zero-order valence-corrected chi connectivity index (χ0v) is 18.8. The van der Waals surface area contributed by atoms with Gasteiger partial charge in [-0.25, -0.2) is 0 Å². The SMILES string of the molecule is CC(=O)OCC1O[C@@H](Oc2ccc(C#N)c(C#N)c2)C(OC(C)=O)C(OC(C)=O)[C@H]1OC(C)=O. The van der Waals surface area contributed by atoms with Crippen LogP contribution in [0.4, 0.5) is 0 Å². The van der Waals surface area contributed by atoms with Crippen LogP contribution in [0.3, 0.4) is 0 Å². The minimum absolute atomic E-state index is 0.0191. The van der Waals surface area contributed by atoms with E-state index in [0.717, 1.165) is 27.7 Å². The smallest absolute Gasteiger partial charge is 0.303 e. The maximum absolute atomic E-state index is 11.8. The fourth-order valence-electron chi connectivity index (χ4n) is 3.20. The average Bonchev–Trinajstić information content (AvgIpc) is 2.75. The molecule has 12 nitrogen and oxygen atoms in total. The number of benzene rings is 1. The maximum atomic E-state index is 11.8. The van der Waals surface area contributed by atoms with Gasteiger partial charge in [0.1, 0.15) is 30.6 Å². The molecule has 0 N–H and O–H groups in total. The summed E-state index contributed by atoms with van der Waals surface area (Å²) in [4.78, 5) is 46.7. The van der Waals surface area contributed by atoms with E-state index in [1.807, 2.05) is 12.1 Å². The molecule has 180 valence electrons. The van der Waals surface area contributed by atoms with Crippen LogP contribution in [0.2, 0.25) is 0 Å². The predicted octanol–water partition coefficient (Wildman–Crippen LogP) is 0.892. The lowest BCUT2D eigenvalue weighted by molar-refractivity contribution is -0.288. The van der Waals surface area contributed by atoms with Crippen LogP contribution in [0.5, 0.6) is 5.75 Å². The lowest BCUT2D eigenvalue weighted by Gasteiger charge is -2.43. The standard InChI is InChI=1S/C22H22N2O10/c1-11(25)29-10-18-19(30-12(2)26)20(31-13(3)27)21(32-14(4)28)22(34-18)33-17-6-5-15(8-23)16(7-17)9-24/h5-7,18-22H,10H2,1-4H3/t18?,19-,20?,21?,22+/m0/s1. The van der Waals surface area contributed by atoms with Gasteiger partial charge in [-0.2, -0.15) is 10.5 Å². The van der Waals surface area contributed by atoms with Gasteiger partial charge in [0.2, 0.25) is 12.4 Å². The van der Waals surface area contributed by atoms with Gasteiger partial charge in [-0.1, -0.05) is 0 Å². The number of carbonyl (C=O) groups is 4. The first kappa shape index (κ1) is 26.1. The Hall–Kier alpha value is -4.16. The molecule has 34 heavy (non-hydrogen) atoms. The topological polar surface area (TPSA) is 171 Å². The van der Waals surface area contributed by atoms with Gasteiger partial charge in [0.05, 0.1) is 11.1 Å². The van der Waals surface area contributed by atoms with Crippen molar-refractivity contribution in [2.45, 2.75) is 58.4 Å². The van der Waals surface area contributed by atoms with E-state index >= 15 is 0 Å². The first-order chi connectivity index (χ1) is 16.0. The largest absolute Gasteiger partial charge is 0.463 e. The van der Waals surface area contributed by atoms with Crippen LogP contribution in [-0.4, -0.2) is 61.2 Å². The van der Waals surface area contributed by atoms with Gasteiger partial charge >= 0.3 is 23.9 Å². The highest BCUT2D eigenvalue weighted by Gasteiger charge is 2.53. The Bertz CT molecular complexity index is 1040. The van der Waals surface area contributed by atoms with Crippen LogP contribution in [0.25, 0.3) is 0 Å². The van der Waals surface area contributed by atoms with Gasteiger partial charge in [0.15, 0.2) is 12.2 Å². The van der Waals surface area contributed by atoms with E-state index in [-0.39, 0.29) is 16.9 Å². The van der Waals surface area contributed by atoms with Crippen LogP contribution in [0.1, 0.15) is 38.8 Å². The van der Waals surface area contributed by atoms with E-state index in [0.29, 0.717) is 0 Å². The van der Waals surface area contributed by atoms with E-state index in [9.17, 15) is 24.4 Å². The molecule has 1 aromatic carbocycles. The van der Waals surface area contributed by atoms with Crippen LogP contribution in [-0.2, 0) is 42.9 Å². The molecule has 1 saturated heterocycles. The predicted molar refractivity (Wildman–Crippen MR) is 108 cm³/mol. The van der Waals surface area contributed by atoms with Crippen molar-refractivity contribution in [3.05, 3.63) is 29.3 Å². The monoisotopic (exact) mass is 474 g/mol. The molecule has 0 spiro atoms. The Labute approximate surface area is 194 Å². The number of ether oxygens (including phenoxy) is 6. The van der Waals surface area contributed by atoms with Gasteiger partial charge < -0.3 is 28.4 Å². The fraction of sp³-hybridized carbons (Fsp3) is 0.455. The van der Waals surface area contributed by atoms with Gasteiger partial charge in [-0.15, -0.1) is 0 Å². The summed E-state index contributed by atoms with van der Waals surface area (Å²) in [5, 5.41) is 18.4. The van der Waals surface area contributed by atoms with E-state index in [1.165, 1.54) is 18.2 Å². The minimum atomic E-state index is -1.44. The van der Waals surface area contributed by atoms with Crippen LogP contribution >= 0.6 is 0 Å². The second-order valence-electron chi connectivity index (χ2n) is 7.12. The molecule has 1 heterocycles. The van der Waals surface area contributed by atoms with Crippen molar-refractivity contribution in [2.75, 3.05) is 6.61 Å². The summed E-state index contributed by atoms with van der Waals surface area (Å²) in [5.74, 6) is -2.91. The quantitative estimate of drug-likeness (QED) is 0.404. The normalized spacial score (nSPS) is 23.4. The highest BCUT2D eigenvalue weighted by Crippen LogP contribution is 2.31. The van der Waals surface area contributed by atoms with Gasteiger partial charge in [-0.3, -0.25) is 19.2 Å². The molecule has 0 aromatic heterocycles. The average molecular weight is 474 g/mol. The fourth-order valence-corrected chi connectivity index (χ4v) is 3.20. The first-order valence-corrected chi connectivity index (χ1v) is 9.97. The summed E-state index contributed by atoms with van der Waals surface area (Å²) >= 11 is 0. The molecule has 12 heteroatoms. The third-order valence-corrected chi connectivity index (χ3v) is 4.43. The van der Waals surface area contributed by atoms with Gasteiger partial charge in [0.25, 0.3) is 0 Å². The summed E-state index contributed by atoms with van der Waals surface area (Å²) in [6.07, 6.45) is -6.75. The lowest BCUT2D eigenvalue weighted by Crippen LogP contribution is -2.63. The summed E-state index contributed by atoms with van der Waals surface area (Å²) in [6.45, 7) is 4.06. The molecule has 0 radical (unpaired) electrons. The van der Waals surface area contributed by atoms with Crippen molar-refractivity contribution in [1.82, 2.24) is 0 Å². The molecule has 1 aliphatic rings. The highest BCUT2D eigenvalue weighted by molar-refractivity contribution is 5.68. The minimum Gasteiger partial charge on any atom is -0.463 e. The summed E-state index contributed by atoms with van der Waals surface area (Å²) in [7, 11) is 0. The van der Waals surface area contributed by atoms with Crippen molar-refractivity contribution in [3.63, 3.8) is 0 Å². The Balaban J connectivity index is 2.50. The van der Waals surface area contributed by atoms with Crippen molar-refractivity contribution in [1.29, 1.82) is 10.5 Å². The first-order valence-electron chi connectivity index (χ1n) is 9.97. The molecule has 2 rings (SSSR count). The highest BCUT2D eigenvalue weighted by atomic mass is 16.7. The third kappa shape index (κ3) is 6.92. The number of rotatable bonds is 7. The second kappa shape index (κ2) is 11.6. The number of nitriles is 2. The van der Waals surface area contributed by atoms with Crippen molar-refractivity contribution in [3.8, 4) is 17.9 Å². The van der Waals surface area contributed by atoms with Crippen LogP contribution in [0, 0.1) is 22.7 Å². The van der Waals surface area contributed by atoms with Gasteiger partial charge in [-0.05, 0) is 18.2 Å². The van der Waals surface area contributed by atoms with E-state index in [1.54, 1.807) is 0 Å². The number of hydrogen-bond donors (Lipinski definition) is 0. The lowest BCUT2D eigenvalue weighted by atomic mass is 9.98. The molecule has 0 aliphatic carbocycles. The van der Waals surface area contributed by atoms with Gasteiger partial charge in [0, 0.05) is 27.7 Å². The van der Waals surface area contributed by atoms with E-state index < -0.39 is 61.2 Å². The molecular weight excluding hydrogens is 452 g/mol. The van der Waals surface area contributed by atoms with Crippen molar-refractivity contribution in [2.24, 2.45) is 0 Å². The second-order valence-corrected chi connectivity index (χ2v) is 7.12. The van der Waals surface area contributed by atoms with Crippen molar-refractivity contribution < 1.29 is 47.6 Å². The number of nitrogens with zero attached hydrogens (tertiary/aromatic N) is 2. The molecule has 0 amide bonds. The number of hydrogen-bond acceptors (Lipinski definition) is 12. The Morgan fingerprint density at radius 1 is 0.824 bits per heavy atom. The summed E-state index contributed by atoms with van der Waals surface area (Å²) < 4.78 is 32.5. The molecular formula is C22H22N2O10. The molecule has 1 aliphatic heterocycles. The molecule has 0 bridgehead atoms. The maximum Gasteiger partial charge on any atom is 0.303 e. The van der Waals surface area contributed by atoms with Crippen LogP contribution < -0.4 is 4.74 Å². The molecule has 1 fully saturated rings. The Kier molecular flexibility index (Phi) is 8.93.